The Morgan fingerprint density at radius 1 is 0.868 bits per heavy atom. The predicted octanol–water partition coefficient (Wildman–Crippen LogP) is 5.90. The van der Waals surface area contributed by atoms with Gasteiger partial charge in [0.25, 0.3) is 0 Å². The number of nitriles is 1. The first-order chi connectivity index (χ1) is 31.6. The first kappa shape index (κ1) is 53.5. The Balaban J connectivity index is 0.000000400. The molecule has 2 aliphatic rings. The van der Waals surface area contributed by atoms with Crippen LogP contribution < -0.4 is 10.1 Å². The summed E-state index contributed by atoms with van der Waals surface area (Å²) in [5.41, 5.74) is 3.09. The number of nitrogens with zero attached hydrogens (tertiary/aromatic N) is 9. The number of carbonyl (C=O) groups is 3. The zero-order chi connectivity index (χ0) is 50.7. The average molecular weight is 989 g/mol. The van der Waals surface area contributed by atoms with Crippen LogP contribution in [-0.4, -0.2) is 133 Å². The molecule has 19 nitrogen and oxygen atoms in total. The number of aromatic nitrogens is 9. The Kier molecular flexibility index (Phi) is 17.4. The van der Waals surface area contributed by atoms with Crippen molar-refractivity contribution in [3.05, 3.63) is 66.8 Å². The van der Waals surface area contributed by atoms with Crippen molar-refractivity contribution < 1.29 is 87.1 Å². The standard InChI is InChI=1S/C31H33F3N12O.3C2HF3O2/c32-31(33,34)29-43-22(14-36-9-5-21-13-37-18-39-21)11-26(44-29)47-24-3-1-23(2-4-24)45-16-30(17-45,7-8-35)46-15-20(12-42-46)27-25-6-10-38-28(25)41-19-40-27;3*3-2(4,5)1(6)7/h6,10-13,15,18-19,23-24,36H,1-5,7,9,14,16-17H2,(H,37,39)(H,38,40,41);3*(H,6,7). The highest BCUT2D eigenvalue weighted by atomic mass is 19.4. The third-order valence-electron chi connectivity index (χ3n) is 9.72. The van der Waals surface area contributed by atoms with Gasteiger partial charge in [-0.25, -0.2) is 34.3 Å². The zero-order valence-electron chi connectivity index (χ0n) is 34.4. The summed E-state index contributed by atoms with van der Waals surface area (Å²) >= 11 is 0. The van der Waals surface area contributed by atoms with E-state index < -0.39 is 54.0 Å². The third kappa shape index (κ3) is 15.2. The van der Waals surface area contributed by atoms with E-state index in [1.54, 1.807) is 18.7 Å². The molecule has 0 amide bonds. The van der Waals surface area contributed by atoms with Gasteiger partial charge >= 0.3 is 42.6 Å². The van der Waals surface area contributed by atoms with Crippen molar-refractivity contribution >= 4 is 28.9 Å². The first-order valence-corrected chi connectivity index (χ1v) is 19.3. The Morgan fingerprint density at radius 3 is 2.00 bits per heavy atom. The average Bonchev–Trinajstić information content (AvgIpc) is 4.04. The summed E-state index contributed by atoms with van der Waals surface area (Å²) in [5.74, 6) is -9.54. The van der Waals surface area contributed by atoms with Crippen LogP contribution in [0.1, 0.15) is 49.3 Å². The Labute approximate surface area is 373 Å². The number of hydrogen-bond acceptors (Lipinski definition) is 13. The van der Waals surface area contributed by atoms with Crippen LogP contribution in [0.15, 0.2) is 49.6 Å². The molecule has 7 rings (SSSR count). The second-order valence-electron chi connectivity index (χ2n) is 14.6. The maximum Gasteiger partial charge on any atom is 0.490 e. The minimum atomic E-state index is -5.08. The summed E-state index contributed by atoms with van der Waals surface area (Å²) in [7, 11) is 0. The molecule has 0 unspecified atom stereocenters. The first-order valence-electron chi connectivity index (χ1n) is 19.3. The lowest BCUT2D eigenvalue weighted by atomic mass is 9.82. The van der Waals surface area contributed by atoms with Gasteiger partial charge in [0.05, 0.1) is 36.4 Å². The fraction of sp³-hybridized carbons (Fsp3) is 0.459. The van der Waals surface area contributed by atoms with Crippen LogP contribution in [0, 0.1) is 11.3 Å². The minimum Gasteiger partial charge on any atom is -0.475 e. The molecule has 0 aromatic carbocycles. The fourth-order valence-corrected chi connectivity index (χ4v) is 6.57. The van der Waals surface area contributed by atoms with Crippen molar-refractivity contribution in [2.45, 2.75) is 87.5 Å². The second-order valence-corrected chi connectivity index (χ2v) is 14.6. The normalized spacial score (nSPS) is 17.2. The van der Waals surface area contributed by atoms with Gasteiger partial charge in [0.15, 0.2) is 0 Å². The lowest BCUT2D eigenvalue weighted by Crippen LogP contribution is -2.65. The Morgan fingerprint density at radius 2 is 1.47 bits per heavy atom. The number of aromatic amines is 2. The van der Waals surface area contributed by atoms with E-state index in [9.17, 15) is 57.9 Å². The number of halogens is 12. The maximum atomic E-state index is 13.6. The fourth-order valence-electron chi connectivity index (χ4n) is 6.57. The summed E-state index contributed by atoms with van der Waals surface area (Å²) < 4.78 is 144. The smallest absolute Gasteiger partial charge is 0.475 e. The number of rotatable bonds is 11. The Bertz CT molecular complexity index is 2430. The molecule has 6 N–H and O–H groups in total. The van der Waals surface area contributed by atoms with Crippen LogP contribution in [0.2, 0.25) is 0 Å². The van der Waals surface area contributed by atoms with Crippen LogP contribution in [0.5, 0.6) is 5.88 Å². The lowest BCUT2D eigenvalue weighted by Gasteiger charge is -2.53. The SMILES string of the molecule is N#CCC1(n2cc(-c3ncnc4[nH]ccc34)cn2)CN(C2CCC(Oc3cc(CNCCc4cnc[nH]4)nc(C(F)(F)F)n3)CC2)C1.O=C(O)C(F)(F)F.O=C(O)C(F)(F)F.O=C(O)C(F)(F)F. The number of carboxylic acid groups (broad SMARTS) is 3. The summed E-state index contributed by atoms with van der Waals surface area (Å²) in [5, 5.41) is 39.7. The summed E-state index contributed by atoms with van der Waals surface area (Å²) in [6.07, 6.45) is -5.84. The highest BCUT2D eigenvalue weighted by molar-refractivity contribution is 5.90. The largest absolute Gasteiger partial charge is 0.490 e. The van der Waals surface area contributed by atoms with Gasteiger partial charge in [-0.05, 0) is 31.7 Å². The zero-order valence-corrected chi connectivity index (χ0v) is 34.4. The molecular weight excluding hydrogens is 952 g/mol. The van der Waals surface area contributed by atoms with E-state index in [4.69, 9.17) is 34.4 Å². The van der Waals surface area contributed by atoms with Crippen molar-refractivity contribution in [1.82, 2.24) is 54.9 Å². The van der Waals surface area contributed by atoms with Crippen molar-refractivity contribution in [2.24, 2.45) is 0 Å². The van der Waals surface area contributed by atoms with E-state index in [-0.39, 0.29) is 30.3 Å². The summed E-state index contributed by atoms with van der Waals surface area (Å²) in [6.45, 7) is 2.05. The molecule has 31 heteroatoms. The number of H-pyrrole nitrogens is 2. The number of imidazole rings is 1. The van der Waals surface area contributed by atoms with Crippen LogP contribution in [0.3, 0.4) is 0 Å². The molecule has 0 atom stereocenters. The molecule has 370 valence electrons. The number of likely N-dealkylation sites (tertiary alicyclic amines) is 1. The molecular formula is C37H36F12N12O7. The molecule has 1 aliphatic carbocycles. The Hall–Kier alpha value is -7.10. The minimum absolute atomic E-state index is 0.0618. The number of fused-ring (bicyclic) bond motifs is 1. The van der Waals surface area contributed by atoms with Gasteiger partial charge in [-0.2, -0.15) is 68.0 Å². The van der Waals surface area contributed by atoms with E-state index >= 15 is 0 Å². The van der Waals surface area contributed by atoms with Gasteiger partial charge in [-0.3, -0.25) is 9.58 Å². The van der Waals surface area contributed by atoms with Crippen molar-refractivity contribution in [2.75, 3.05) is 19.6 Å². The predicted molar refractivity (Wildman–Crippen MR) is 204 cm³/mol. The lowest BCUT2D eigenvalue weighted by molar-refractivity contribution is -0.193. The molecule has 1 aliphatic heterocycles. The number of alkyl halides is 12. The van der Waals surface area contributed by atoms with Gasteiger partial charge in [0.1, 0.15) is 23.6 Å². The van der Waals surface area contributed by atoms with E-state index in [2.05, 4.69) is 56.3 Å². The molecule has 68 heavy (non-hydrogen) atoms. The molecule has 5 aromatic rings. The number of hydrogen-bond donors (Lipinski definition) is 6. The van der Waals surface area contributed by atoms with Crippen LogP contribution in [-0.2, 0) is 39.1 Å². The van der Waals surface area contributed by atoms with Crippen LogP contribution in [0.25, 0.3) is 22.3 Å². The highest BCUT2D eigenvalue weighted by Gasteiger charge is 2.48. The summed E-state index contributed by atoms with van der Waals surface area (Å²) in [4.78, 5) is 55.3. The van der Waals surface area contributed by atoms with E-state index in [1.165, 1.54) is 12.4 Å². The molecule has 5 aromatic heterocycles. The van der Waals surface area contributed by atoms with Gasteiger partial charge in [0.2, 0.25) is 11.7 Å². The molecule has 0 spiro atoms. The van der Waals surface area contributed by atoms with Crippen molar-refractivity contribution in [3.8, 4) is 23.2 Å². The van der Waals surface area contributed by atoms with Crippen LogP contribution in [0.4, 0.5) is 52.7 Å². The van der Waals surface area contributed by atoms with Gasteiger partial charge < -0.3 is 35.3 Å². The van der Waals surface area contributed by atoms with Crippen molar-refractivity contribution in [3.63, 3.8) is 0 Å². The van der Waals surface area contributed by atoms with E-state index in [1.807, 2.05) is 23.1 Å². The van der Waals surface area contributed by atoms with Crippen LogP contribution >= 0.6 is 0 Å². The van der Waals surface area contributed by atoms with Gasteiger partial charge in [-0.1, -0.05) is 0 Å². The molecule has 1 saturated heterocycles. The van der Waals surface area contributed by atoms with Gasteiger partial charge in [-0.15, -0.1) is 0 Å². The maximum absolute atomic E-state index is 13.6. The van der Waals surface area contributed by atoms with E-state index in [0.717, 1.165) is 40.8 Å². The molecule has 6 heterocycles. The number of nitrogens with one attached hydrogen (secondary N) is 3. The molecule has 0 radical (unpaired) electrons. The third-order valence-corrected chi connectivity index (χ3v) is 9.72. The number of ether oxygens (including phenoxy) is 1. The van der Waals surface area contributed by atoms with Crippen molar-refractivity contribution in [1.29, 1.82) is 5.26 Å². The molecule has 0 bridgehead atoms. The topological polar surface area (TPSA) is 274 Å². The quantitative estimate of drug-likeness (QED) is 0.0664. The van der Waals surface area contributed by atoms with E-state index in [0.29, 0.717) is 45.3 Å². The summed E-state index contributed by atoms with van der Waals surface area (Å²) in [6, 6.07) is 6.04. The number of aliphatic carboxylic acids is 3. The van der Waals surface area contributed by atoms with Gasteiger partial charge in [0, 0.05) is 79.9 Å². The highest BCUT2D eigenvalue weighted by Crippen LogP contribution is 2.39. The molecule has 1 saturated carbocycles. The molecule has 2 fully saturated rings. The number of carboxylic acids is 3. The second kappa shape index (κ2) is 22.1. The monoisotopic (exact) mass is 988 g/mol.